The molecule has 0 unspecified atom stereocenters. The van der Waals surface area contributed by atoms with E-state index in [0.717, 1.165) is 16.6 Å². The SMILES string of the molecule is CC(C)(OCc1nn(Cc2ccccc2)c2ccccc12)C(=O)NI. The van der Waals surface area contributed by atoms with Crippen LogP contribution in [0.3, 0.4) is 0 Å². The van der Waals surface area contributed by atoms with Gasteiger partial charge in [-0.2, -0.15) is 5.10 Å². The molecule has 0 fully saturated rings. The fraction of sp³-hybridized carbons (Fsp3) is 0.263. The number of carbonyl (C=O) groups excluding carboxylic acids is 1. The summed E-state index contributed by atoms with van der Waals surface area (Å²) in [5.74, 6) is -0.166. The number of halogens is 1. The molecule has 1 aromatic heterocycles. The fourth-order valence-electron chi connectivity index (χ4n) is 2.61. The van der Waals surface area contributed by atoms with Crippen molar-refractivity contribution in [2.45, 2.75) is 32.6 Å². The summed E-state index contributed by atoms with van der Waals surface area (Å²) in [5.41, 5.74) is 2.17. The lowest BCUT2D eigenvalue weighted by atomic mass is 10.1. The largest absolute Gasteiger partial charge is 0.359 e. The van der Waals surface area contributed by atoms with Crippen LogP contribution in [0.25, 0.3) is 10.9 Å². The van der Waals surface area contributed by atoms with Gasteiger partial charge >= 0.3 is 0 Å². The molecule has 3 aromatic rings. The van der Waals surface area contributed by atoms with E-state index in [9.17, 15) is 4.79 Å². The standard InChI is InChI=1S/C19H20IN3O2/c1-19(2,18(24)21-20)25-13-16-15-10-6-7-11-17(15)23(22-16)12-14-8-4-3-5-9-14/h3-11H,12-13H2,1-2H3,(H,21,24). The third-order valence-electron chi connectivity index (χ3n) is 4.11. The quantitative estimate of drug-likeness (QED) is 0.460. The molecule has 2 aromatic carbocycles. The summed E-state index contributed by atoms with van der Waals surface area (Å²) in [6.07, 6.45) is 0. The average Bonchev–Trinajstić information content (AvgIpc) is 2.98. The van der Waals surface area contributed by atoms with Crippen molar-refractivity contribution < 1.29 is 9.53 Å². The number of nitrogens with one attached hydrogen (secondary N) is 1. The van der Waals surface area contributed by atoms with E-state index in [2.05, 4.69) is 21.7 Å². The first-order valence-electron chi connectivity index (χ1n) is 8.04. The highest BCUT2D eigenvalue weighted by atomic mass is 127. The topological polar surface area (TPSA) is 56.2 Å². The molecule has 3 rings (SSSR count). The van der Waals surface area contributed by atoms with Crippen LogP contribution >= 0.6 is 22.9 Å². The molecule has 25 heavy (non-hydrogen) atoms. The van der Waals surface area contributed by atoms with Crippen molar-refractivity contribution in [2.75, 3.05) is 0 Å². The van der Waals surface area contributed by atoms with Crippen LogP contribution < -0.4 is 3.53 Å². The number of fused-ring (bicyclic) bond motifs is 1. The third kappa shape index (κ3) is 4.01. The van der Waals surface area contributed by atoms with Crippen molar-refractivity contribution in [2.24, 2.45) is 0 Å². The Balaban J connectivity index is 1.88. The number of aromatic nitrogens is 2. The van der Waals surface area contributed by atoms with Crippen LogP contribution in [-0.4, -0.2) is 21.3 Å². The number of amides is 1. The summed E-state index contributed by atoms with van der Waals surface area (Å²) >= 11 is 1.82. The van der Waals surface area contributed by atoms with Gasteiger partial charge in [0.2, 0.25) is 0 Å². The normalized spacial score (nSPS) is 11.6. The zero-order chi connectivity index (χ0) is 17.9. The van der Waals surface area contributed by atoms with Crippen LogP contribution in [0.15, 0.2) is 54.6 Å². The molecule has 6 heteroatoms. The maximum absolute atomic E-state index is 11.9. The molecule has 1 N–H and O–H groups in total. The first kappa shape index (κ1) is 17.9. The van der Waals surface area contributed by atoms with Gasteiger partial charge in [0, 0.05) is 5.39 Å². The number of ether oxygens (including phenoxy) is 1. The minimum Gasteiger partial charge on any atom is -0.359 e. The van der Waals surface area contributed by atoms with Crippen molar-refractivity contribution in [3.05, 3.63) is 65.9 Å². The second kappa shape index (κ2) is 7.53. The number of hydrogen-bond acceptors (Lipinski definition) is 3. The average molecular weight is 449 g/mol. The summed E-state index contributed by atoms with van der Waals surface area (Å²) in [6.45, 7) is 4.48. The van der Waals surface area contributed by atoms with Crippen LogP contribution in [0, 0.1) is 0 Å². The Morgan fingerprint density at radius 2 is 1.84 bits per heavy atom. The van der Waals surface area contributed by atoms with Crippen molar-refractivity contribution in [1.82, 2.24) is 13.3 Å². The molecule has 0 aliphatic carbocycles. The van der Waals surface area contributed by atoms with Gasteiger partial charge in [0.15, 0.2) is 0 Å². The first-order chi connectivity index (χ1) is 12.0. The van der Waals surface area contributed by atoms with Crippen molar-refractivity contribution in [3.63, 3.8) is 0 Å². The number of benzene rings is 2. The molecule has 1 amide bonds. The molecule has 0 atom stereocenters. The van der Waals surface area contributed by atoms with Gasteiger partial charge in [0.25, 0.3) is 5.91 Å². The number of para-hydroxylation sites is 1. The highest BCUT2D eigenvalue weighted by molar-refractivity contribution is 14.1. The Bertz CT molecular complexity index is 875. The Labute approximate surface area is 160 Å². The van der Waals surface area contributed by atoms with Gasteiger partial charge in [-0.1, -0.05) is 48.5 Å². The van der Waals surface area contributed by atoms with E-state index in [-0.39, 0.29) is 12.5 Å². The van der Waals surface area contributed by atoms with Gasteiger partial charge in [-0.3, -0.25) is 13.0 Å². The molecule has 0 aliphatic rings. The molecule has 5 nitrogen and oxygen atoms in total. The number of nitrogens with zero attached hydrogens (tertiary/aromatic N) is 2. The molecule has 130 valence electrons. The van der Waals surface area contributed by atoms with E-state index in [4.69, 9.17) is 9.84 Å². The Hall–Kier alpha value is -1.93. The van der Waals surface area contributed by atoms with Crippen molar-refractivity contribution >= 4 is 39.7 Å². The van der Waals surface area contributed by atoms with Crippen molar-refractivity contribution in [1.29, 1.82) is 0 Å². The molecular weight excluding hydrogens is 429 g/mol. The molecular formula is C19H20IN3O2. The highest BCUT2D eigenvalue weighted by Gasteiger charge is 2.28. The van der Waals surface area contributed by atoms with Gasteiger partial charge in [0.1, 0.15) is 5.60 Å². The molecule has 0 bridgehead atoms. The fourth-order valence-corrected chi connectivity index (χ4v) is 3.26. The molecule has 0 radical (unpaired) electrons. The smallest absolute Gasteiger partial charge is 0.260 e. The zero-order valence-corrected chi connectivity index (χ0v) is 16.4. The summed E-state index contributed by atoms with van der Waals surface area (Å²) in [6, 6.07) is 18.3. The van der Waals surface area contributed by atoms with E-state index >= 15 is 0 Å². The van der Waals surface area contributed by atoms with Gasteiger partial charge in [-0.25, -0.2) is 0 Å². The highest BCUT2D eigenvalue weighted by Crippen LogP contribution is 2.22. The van der Waals surface area contributed by atoms with E-state index in [1.165, 1.54) is 5.56 Å². The van der Waals surface area contributed by atoms with Crippen molar-refractivity contribution in [3.8, 4) is 0 Å². The Kier molecular flexibility index (Phi) is 5.39. The van der Waals surface area contributed by atoms with E-state index < -0.39 is 5.60 Å². The maximum Gasteiger partial charge on any atom is 0.260 e. The molecule has 1 heterocycles. The van der Waals surface area contributed by atoms with Gasteiger partial charge < -0.3 is 4.74 Å². The van der Waals surface area contributed by atoms with Crippen LogP contribution in [0.2, 0.25) is 0 Å². The minimum absolute atomic E-state index is 0.166. The first-order valence-corrected chi connectivity index (χ1v) is 9.12. The minimum atomic E-state index is -0.911. The molecule has 0 saturated carbocycles. The van der Waals surface area contributed by atoms with Gasteiger partial charge in [0.05, 0.1) is 47.2 Å². The van der Waals surface area contributed by atoms with E-state index in [1.54, 1.807) is 13.8 Å². The van der Waals surface area contributed by atoms with Crippen LogP contribution in [0.5, 0.6) is 0 Å². The summed E-state index contributed by atoms with van der Waals surface area (Å²) in [4.78, 5) is 11.9. The Morgan fingerprint density at radius 3 is 2.56 bits per heavy atom. The van der Waals surface area contributed by atoms with Crippen LogP contribution in [-0.2, 0) is 22.7 Å². The lowest BCUT2D eigenvalue weighted by Gasteiger charge is -2.22. The van der Waals surface area contributed by atoms with E-state index in [0.29, 0.717) is 6.54 Å². The lowest BCUT2D eigenvalue weighted by Crippen LogP contribution is -2.40. The second-order valence-corrected chi connectivity index (χ2v) is 6.87. The van der Waals surface area contributed by atoms with Crippen LogP contribution in [0.1, 0.15) is 25.1 Å². The third-order valence-corrected chi connectivity index (χ3v) is 4.60. The summed E-state index contributed by atoms with van der Waals surface area (Å²) in [5, 5.41) is 5.78. The monoisotopic (exact) mass is 449 g/mol. The molecule has 0 aliphatic heterocycles. The zero-order valence-electron chi connectivity index (χ0n) is 14.2. The predicted octanol–water partition coefficient (Wildman–Crippen LogP) is 3.85. The Morgan fingerprint density at radius 1 is 1.16 bits per heavy atom. The van der Waals surface area contributed by atoms with Gasteiger partial charge in [-0.15, -0.1) is 0 Å². The summed E-state index contributed by atoms with van der Waals surface area (Å²) in [7, 11) is 0. The van der Waals surface area contributed by atoms with E-state index in [1.807, 2.05) is 63.9 Å². The number of carbonyl (C=O) groups is 1. The number of hydrogen-bond donors (Lipinski definition) is 1. The number of rotatable bonds is 6. The summed E-state index contributed by atoms with van der Waals surface area (Å²) < 4.78 is 10.4. The predicted molar refractivity (Wildman–Crippen MR) is 106 cm³/mol. The van der Waals surface area contributed by atoms with Crippen LogP contribution in [0.4, 0.5) is 0 Å². The van der Waals surface area contributed by atoms with Gasteiger partial charge in [-0.05, 0) is 25.5 Å². The lowest BCUT2D eigenvalue weighted by molar-refractivity contribution is -0.141. The maximum atomic E-state index is 11.9. The second-order valence-electron chi connectivity index (χ2n) is 6.33. The molecule has 0 saturated heterocycles. The molecule has 0 spiro atoms.